The van der Waals surface area contributed by atoms with Crippen molar-refractivity contribution in [3.8, 4) is 0 Å². The molecule has 0 N–H and O–H groups in total. The zero-order valence-electron chi connectivity index (χ0n) is 13.5. The topological polar surface area (TPSA) is 46.6 Å². The van der Waals surface area contributed by atoms with Gasteiger partial charge in [-0.25, -0.2) is 4.79 Å². The number of nitrogens with zero attached hydrogens (tertiary/aromatic N) is 1. The lowest BCUT2D eigenvalue weighted by molar-refractivity contribution is -0.125. The highest BCUT2D eigenvalue weighted by atomic mass is 35.5. The van der Waals surface area contributed by atoms with Crippen molar-refractivity contribution in [1.82, 2.24) is 4.90 Å². The summed E-state index contributed by atoms with van der Waals surface area (Å²) >= 11 is 5.85. The number of esters is 1. The fraction of sp³-hybridized carbons (Fsp3) is 0.158. The predicted octanol–water partition coefficient (Wildman–Crippen LogP) is 3.80. The number of halogens is 1. The first kappa shape index (κ1) is 17.8. The van der Waals surface area contributed by atoms with Crippen LogP contribution in [0.25, 0.3) is 6.08 Å². The van der Waals surface area contributed by atoms with Crippen molar-refractivity contribution in [3.05, 3.63) is 76.3 Å². The predicted molar refractivity (Wildman–Crippen MR) is 94.7 cm³/mol. The van der Waals surface area contributed by atoms with Crippen LogP contribution in [0.2, 0.25) is 5.02 Å². The Labute approximate surface area is 146 Å². The van der Waals surface area contributed by atoms with Crippen LogP contribution < -0.4 is 0 Å². The Balaban J connectivity index is 1.96. The van der Waals surface area contributed by atoms with Crippen LogP contribution in [0.15, 0.2) is 54.6 Å². The molecule has 0 saturated carbocycles. The summed E-state index contributed by atoms with van der Waals surface area (Å²) in [6.45, 7) is 0.502. The van der Waals surface area contributed by atoms with Gasteiger partial charge in [-0.2, -0.15) is 0 Å². The molecule has 2 rings (SSSR count). The summed E-state index contributed by atoms with van der Waals surface area (Å²) in [5, 5.41) is 0.669. The highest BCUT2D eigenvalue weighted by Crippen LogP contribution is 2.12. The fourth-order valence-corrected chi connectivity index (χ4v) is 2.21. The molecule has 0 atom stereocenters. The van der Waals surface area contributed by atoms with E-state index < -0.39 is 0 Å². The molecular formula is C19H18ClNO3. The van der Waals surface area contributed by atoms with Crippen LogP contribution in [-0.2, 0) is 16.1 Å². The van der Waals surface area contributed by atoms with Gasteiger partial charge in [0, 0.05) is 24.7 Å². The summed E-state index contributed by atoms with van der Waals surface area (Å²) in [6.07, 6.45) is 3.21. The van der Waals surface area contributed by atoms with Gasteiger partial charge in [0.15, 0.2) is 0 Å². The molecule has 2 aromatic rings. The molecule has 0 bridgehead atoms. The Bertz CT molecular complexity index is 736. The van der Waals surface area contributed by atoms with E-state index in [1.807, 2.05) is 12.1 Å². The highest BCUT2D eigenvalue weighted by molar-refractivity contribution is 6.30. The minimum absolute atomic E-state index is 0.109. The number of benzene rings is 2. The highest BCUT2D eigenvalue weighted by Gasteiger charge is 2.06. The van der Waals surface area contributed by atoms with E-state index in [-0.39, 0.29) is 11.9 Å². The third kappa shape index (κ3) is 4.96. The second-order valence-corrected chi connectivity index (χ2v) is 5.70. The standard InChI is InChI=1S/C19H18ClNO3/c1-21(13-15-5-10-17(20)11-6-15)18(22)12-7-14-3-8-16(9-4-14)19(23)24-2/h3-12H,13H2,1-2H3/b12-7+. The lowest BCUT2D eigenvalue weighted by atomic mass is 10.1. The molecule has 0 aliphatic heterocycles. The third-order valence-corrected chi connectivity index (χ3v) is 3.71. The van der Waals surface area contributed by atoms with E-state index in [9.17, 15) is 9.59 Å². The quantitative estimate of drug-likeness (QED) is 0.613. The van der Waals surface area contributed by atoms with Crippen molar-refractivity contribution in [2.24, 2.45) is 0 Å². The first-order chi connectivity index (χ1) is 11.5. The Morgan fingerprint density at radius 1 is 1.08 bits per heavy atom. The number of hydrogen-bond acceptors (Lipinski definition) is 3. The van der Waals surface area contributed by atoms with E-state index in [1.165, 1.54) is 13.2 Å². The average molecular weight is 344 g/mol. The summed E-state index contributed by atoms with van der Waals surface area (Å²) in [7, 11) is 3.08. The summed E-state index contributed by atoms with van der Waals surface area (Å²) in [5.74, 6) is -0.494. The molecule has 0 radical (unpaired) electrons. The van der Waals surface area contributed by atoms with E-state index in [0.29, 0.717) is 17.1 Å². The maximum atomic E-state index is 12.1. The lowest BCUT2D eigenvalue weighted by Gasteiger charge is -2.15. The first-order valence-electron chi connectivity index (χ1n) is 7.35. The van der Waals surface area contributed by atoms with E-state index in [0.717, 1.165) is 11.1 Å². The van der Waals surface area contributed by atoms with Gasteiger partial charge in [-0.3, -0.25) is 4.79 Å². The summed E-state index contributed by atoms with van der Waals surface area (Å²) < 4.78 is 4.64. The van der Waals surface area contributed by atoms with Gasteiger partial charge in [-0.1, -0.05) is 35.9 Å². The van der Waals surface area contributed by atoms with Gasteiger partial charge < -0.3 is 9.64 Å². The lowest BCUT2D eigenvalue weighted by Crippen LogP contribution is -2.24. The smallest absolute Gasteiger partial charge is 0.337 e. The number of carbonyl (C=O) groups excluding carboxylic acids is 2. The zero-order valence-corrected chi connectivity index (χ0v) is 14.3. The molecule has 5 heteroatoms. The van der Waals surface area contributed by atoms with Crippen molar-refractivity contribution in [1.29, 1.82) is 0 Å². The second kappa shape index (κ2) is 8.31. The van der Waals surface area contributed by atoms with Crippen LogP contribution >= 0.6 is 11.6 Å². The van der Waals surface area contributed by atoms with Crippen LogP contribution in [-0.4, -0.2) is 30.9 Å². The Morgan fingerprint density at radius 3 is 2.29 bits per heavy atom. The normalized spacial score (nSPS) is 10.6. The number of methoxy groups -OCH3 is 1. The number of amides is 1. The van der Waals surface area contributed by atoms with Gasteiger partial charge in [0.1, 0.15) is 0 Å². The van der Waals surface area contributed by atoms with E-state index in [2.05, 4.69) is 4.74 Å². The molecule has 0 aromatic heterocycles. The maximum absolute atomic E-state index is 12.1. The van der Waals surface area contributed by atoms with Gasteiger partial charge in [-0.05, 0) is 41.5 Å². The van der Waals surface area contributed by atoms with Crippen molar-refractivity contribution >= 4 is 29.6 Å². The molecule has 2 aromatic carbocycles. The van der Waals surface area contributed by atoms with Gasteiger partial charge >= 0.3 is 5.97 Å². The molecule has 0 fully saturated rings. The monoisotopic (exact) mass is 343 g/mol. The van der Waals surface area contributed by atoms with Gasteiger partial charge in [0.05, 0.1) is 12.7 Å². The van der Waals surface area contributed by atoms with Crippen LogP contribution in [0.4, 0.5) is 0 Å². The molecule has 0 spiro atoms. The fourth-order valence-electron chi connectivity index (χ4n) is 2.08. The largest absolute Gasteiger partial charge is 0.465 e. The maximum Gasteiger partial charge on any atom is 0.337 e. The SMILES string of the molecule is COC(=O)c1ccc(/C=C/C(=O)N(C)Cc2ccc(Cl)cc2)cc1. The molecule has 4 nitrogen and oxygen atoms in total. The van der Waals surface area contributed by atoms with Gasteiger partial charge in [-0.15, -0.1) is 0 Å². The number of hydrogen-bond donors (Lipinski definition) is 0. The van der Waals surface area contributed by atoms with E-state index >= 15 is 0 Å². The molecule has 124 valence electrons. The number of likely N-dealkylation sites (N-methyl/N-ethyl adjacent to an activating group) is 1. The zero-order chi connectivity index (χ0) is 17.5. The first-order valence-corrected chi connectivity index (χ1v) is 7.73. The van der Waals surface area contributed by atoms with Crippen LogP contribution in [0.5, 0.6) is 0 Å². The van der Waals surface area contributed by atoms with Crippen molar-refractivity contribution in [2.75, 3.05) is 14.2 Å². The summed E-state index contributed by atoms with van der Waals surface area (Å²) in [6, 6.07) is 14.2. The van der Waals surface area contributed by atoms with E-state index in [1.54, 1.807) is 54.4 Å². The van der Waals surface area contributed by atoms with Gasteiger partial charge in [0.2, 0.25) is 5.91 Å². The molecule has 0 saturated heterocycles. The molecule has 0 heterocycles. The van der Waals surface area contributed by atoms with Crippen molar-refractivity contribution < 1.29 is 14.3 Å². The molecule has 1 amide bonds. The molecular weight excluding hydrogens is 326 g/mol. The Hall–Kier alpha value is -2.59. The number of ether oxygens (including phenoxy) is 1. The Morgan fingerprint density at radius 2 is 1.71 bits per heavy atom. The summed E-state index contributed by atoms with van der Waals surface area (Å²) in [4.78, 5) is 25.1. The molecule has 0 aliphatic rings. The van der Waals surface area contributed by atoms with Crippen LogP contribution in [0, 0.1) is 0 Å². The van der Waals surface area contributed by atoms with Crippen LogP contribution in [0.1, 0.15) is 21.5 Å². The van der Waals surface area contributed by atoms with Gasteiger partial charge in [0.25, 0.3) is 0 Å². The molecule has 0 aliphatic carbocycles. The van der Waals surface area contributed by atoms with Crippen molar-refractivity contribution in [2.45, 2.75) is 6.54 Å². The number of rotatable bonds is 5. The second-order valence-electron chi connectivity index (χ2n) is 5.27. The average Bonchev–Trinajstić information content (AvgIpc) is 2.61. The Kier molecular flexibility index (Phi) is 6.15. The van der Waals surface area contributed by atoms with E-state index in [4.69, 9.17) is 11.6 Å². The molecule has 24 heavy (non-hydrogen) atoms. The minimum atomic E-state index is -0.385. The van der Waals surface area contributed by atoms with Crippen molar-refractivity contribution in [3.63, 3.8) is 0 Å². The minimum Gasteiger partial charge on any atom is -0.465 e. The summed E-state index contributed by atoms with van der Waals surface area (Å²) in [5.41, 5.74) is 2.31. The number of carbonyl (C=O) groups is 2. The molecule has 0 unspecified atom stereocenters. The third-order valence-electron chi connectivity index (χ3n) is 3.46. The van der Waals surface area contributed by atoms with Crippen LogP contribution in [0.3, 0.4) is 0 Å².